The zero-order valence-electron chi connectivity index (χ0n) is 10.5. The van der Waals surface area contributed by atoms with Gasteiger partial charge >= 0.3 is 5.97 Å². The molecule has 0 fully saturated rings. The zero-order valence-corrected chi connectivity index (χ0v) is 11.3. The van der Waals surface area contributed by atoms with Crippen LogP contribution in [0, 0.1) is 0 Å². The topological polar surface area (TPSA) is 108 Å². The van der Waals surface area contributed by atoms with E-state index in [0.717, 1.165) is 16.6 Å². The highest BCUT2D eigenvalue weighted by Gasteiger charge is 2.24. The first-order valence-corrected chi connectivity index (χ1v) is 7.17. The van der Waals surface area contributed by atoms with Crippen LogP contribution in [0.5, 0.6) is 0 Å². The molecule has 0 aliphatic rings. The van der Waals surface area contributed by atoms with Gasteiger partial charge in [-0.25, -0.2) is 18.2 Å². The number of carboxylic acids is 1. The summed E-state index contributed by atoms with van der Waals surface area (Å²) in [4.78, 5) is 14.3. The Bertz CT molecular complexity index is 521. The molecule has 0 radical (unpaired) electrons. The molecule has 0 saturated carbocycles. The fourth-order valence-corrected chi connectivity index (χ4v) is 2.94. The minimum Gasteiger partial charge on any atom is -0.478 e. The van der Waals surface area contributed by atoms with Crippen molar-refractivity contribution in [3.05, 3.63) is 23.9 Å². The summed E-state index contributed by atoms with van der Waals surface area (Å²) < 4.78 is 25.5. The molecule has 1 heterocycles. The monoisotopic (exact) mass is 288 g/mol. The molecule has 0 aliphatic carbocycles. The number of hydrogen-bond donors (Lipinski definition) is 2. The van der Waals surface area contributed by atoms with Gasteiger partial charge in [0.2, 0.25) is 0 Å². The predicted octanol–water partition coefficient (Wildman–Crippen LogP) is 0.173. The van der Waals surface area contributed by atoms with E-state index in [4.69, 9.17) is 10.2 Å². The standard InChI is InChI=1S/C11H16N2O5S/c1-2-5-13(6-7-14)19(17,18)10-4-3-9(8-12-10)11(15)16/h3-4,8,14H,2,5-7H2,1H3,(H,15,16). The molecule has 2 N–H and O–H groups in total. The minimum atomic E-state index is -3.80. The summed E-state index contributed by atoms with van der Waals surface area (Å²) in [5, 5.41) is 17.4. The molecule has 0 aromatic carbocycles. The van der Waals surface area contributed by atoms with Gasteiger partial charge in [-0.15, -0.1) is 0 Å². The van der Waals surface area contributed by atoms with Crippen LogP contribution in [-0.4, -0.2) is 53.6 Å². The molecule has 106 valence electrons. The van der Waals surface area contributed by atoms with Crippen LogP contribution in [-0.2, 0) is 10.0 Å². The highest BCUT2D eigenvalue weighted by Crippen LogP contribution is 2.14. The summed E-state index contributed by atoms with van der Waals surface area (Å²) in [6.07, 6.45) is 1.60. The first-order chi connectivity index (χ1) is 8.93. The molecule has 1 aromatic rings. The lowest BCUT2D eigenvalue weighted by Gasteiger charge is -2.19. The molecule has 7 nitrogen and oxygen atoms in total. The number of carboxylic acid groups (broad SMARTS) is 1. The normalized spacial score (nSPS) is 11.7. The Morgan fingerprint density at radius 3 is 2.47 bits per heavy atom. The van der Waals surface area contributed by atoms with Crippen molar-refractivity contribution in [3.63, 3.8) is 0 Å². The molecule has 1 aromatic heterocycles. The maximum atomic E-state index is 12.2. The van der Waals surface area contributed by atoms with E-state index >= 15 is 0 Å². The van der Waals surface area contributed by atoms with E-state index in [1.165, 1.54) is 6.07 Å². The average molecular weight is 288 g/mol. The van der Waals surface area contributed by atoms with Gasteiger partial charge in [-0.05, 0) is 18.6 Å². The van der Waals surface area contributed by atoms with Gasteiger partial charge in [-0.3, -0.25) is 0 Å². The molecular weight excluding hydrogens is 272 g/mol. The van der Waals surface area contributed by atoms with Gasteiger partial charge in [0, 0.05) is 19.3 Å². The van der Waals surface area contributed by atoms with Crippen LogP contribution in [0.15, 0.2) is 23.4 Å². The van der Waals surface area contributed by atoms with E-state index in [1.54, 1.807) is 0 Å². The van der Waals surface area contributed by atoms with Crippen LogP contribution < -0.4 is 0 Å². The number of aliphatic hydroxyl groups excluding tert-OH is 1. The molecule has 0 bridgehead atoms. The number of carbonyl (C=O) groups is 1. The first kappa shape index (κ1) is 15.5. The second-order valence-electron chi connectivity index (χ2n) is 3.82. The Balaban J connectivity index is 3.07. The summed E-state index contributed by atoms with van der Waals surface area (Å²) in [6.45, 7) is 1.79. The molecule has 0 aliphatic heterocycles. The smallest absolute Gasteiger partial charge is 0.337 e. The van der Waals surface area contributed by atoms with Crippen LogP contribution in [0.2, 0.25) is 0 Å². The maximum absolute atomic E-state index is 12.2. The highest BCUT2D eigenvalue weighted by atomic mass is 32.2. The van der Waals surface area contributed by atoms with Crippen molar-refractivity contribution in [2.45, 2.75) is 18.4 Å². The van der Waals surface area contributed by atoms with Gasteiger partial charge in [-0.2, -0.15) is 4.31 Å². The fraction of sp³-hybridized carbons (Fsp3) is 0.455. The van der Waals surface area contributed by atoms with Crippen LogP contribution in [0.25, 0.3) is 0 Å². The minimum absolute atomic E-state index is 0.0153. The number of nitrogens with zero attached hydrogens (tertiary/aromatic N) is 2. The van der Waals surface area contributed by atoms with Crippen LogP contribution in [0.4, 0.5) is 0 Å². The van der Waals surface area contributed by atoms with Crippen molar-refractivity contribution in [2.75, 3.05) is 19.7 Å². The lowest BCUT2D eigenvalue weighted by Crippen LogP contribution is -2.34. The van der Waals surface area contributed by atoms with E-state index < -0.39 is 16.0 Å². The van der Waals surface area contributed by atoms with Crippen LogP contribution >= 0.6 is 0 Å². The summed E-state index contributed by atoms with van der Waals surface area (Å²) in [5.41, 5.74) is -0.0804. The van der Waals surface area contributed by atoms with Crippen molar-refractivity contribution in [1.82, 2.24) is 9.29 Å². The van der Waals surface area contributed by atoms with E-state index in [1.807, 2.05) is 6.92 Å². The van der Waals surface area contributed by atoms with Crippen molar-refractivity contribution in [2.24, 2.45) is 0 Å². The molecule has 0 atom stereocenters. The average Bonchev–Trinajstić information content (AvgIpc) is 2.38. The lowest BCUT2D eigenvalue weighted by molar-refractivity contribution is 0.0696. The SMILES string of the molecule is CCCN(CCO)S(=O)(=O)c1ccc(C(=O)O)cn1. The number of rotatable bonds is 7. The van der Waals surface area contributed by atoms with Crippen molar-refractivity contribution in [1.29, 1.82) is 0 Å². The number of hydrogen-bond acceptors (Lipinski definition) is 5. The van der Waals surface area contributed by atoms with Crippen LogP contribution in [0.1, 0.15) is 23.7 Å². The molecule has 1 rings (SSSR count). The Morgan fingerprint density at radius 1 is 1.37 bits per heavy atom. The summed E-state index contributed by atoms with van der Waals surface area (Å²) in [5.74, 6) is -1.17. The quantitative estimate of drug-likeness (QED) is 0.740. The van der Waals surface area contributed by atoms with Crippen molar-refractivity contribution >= 4 is 16.0 Å². The number of aromatic carboxylic acids is 1. The summed E-state index contributed by atoms with van der Waals surface area (Å²) in [7, 11) is -3.80. The predicted molar refractivity (Wildman–Crippen MR) is 67.3 cm³/mol. The highest BCUT2D eigenvalue weighted by molar-refractivity contribution is 7.89. The van der Waals surface area contributed by atoms with E-state index in [9.17, 15) is 13.2 Å². The third-order valence-corrected chi connectivity index (χ3v) is 4.22. The van der Waals surface area contributed by atoms with Crippen molar-refractivity contribution < 1.29 is 23.4 Å². The number of aliphatic hydroxyl groups is 1. The maximum Gasteiger partial charge on any atom is 0.337 e. The Kier molecular flexibility index (Phi) is 5.40. The van der Waals surface area contributed by atoms with E-state index in [0.29, 0.717) is 6.42 Å². The first-order valence-electron chi connectivity index (χ1n) is 5.73. The Hall–Kier alpha value is -1.51. The Morgan fingerprint density at radius 2 is 2.05 bits per heavy atom. The fourth-order valence-electron chi connectivity index (χ4n) is 1.50. The van der Waals surface area contributed by atoms with Gasteiger partial charge in [0.15, 0.2) is 5.03 Å². The van der Waals surface area contributed by atoms with Crippen molar-refractivity contribution in [3.8, 4) is 0 Å². The summed E-state index contributed by atoms with van der Waals surface area (Å²) >= 11 is 0. The number of pyridine rings is 1. The molecule has 0 saturated heterocycles. The Labute approximate surface area is 111 Å². The molecule has 19 heavy (non-hydrogen) atoms. The zero-order chi connectivity index (χ0) is 14.5. The van der Waals surface area contributed by atoms with E-state index in [-0.39, 0.29) is 30.3 Å². The molecule has 0 amide bonds. The molecule has 8 heteroatoms. The third kappa shape index (κ3) is 3.72. The second kappa shape index (κ2) is 6.60. The lowest BCUT2D eigenvalue weighted by atomic mass is 10.3. The van der Waals surface area contributed by atoms with Gasteiger partial charge in [0.05, 0.1) is 12.2 Å². The number of aromatic nitrogens is 1. The van der Waals surface area contributed by atoms with Gasteiger partial charge in [0.25, 0.3) is 10.0 Å². The second-order valence-corrected chi connectivity index (χ2v) is 5.70. The molecule has 0 unspecified atom stereocenters. The van der Waals surface area contributed by atoms with Gasteiger partial charge < -0.3 is 10.2 Å². The number of sulfonamides is 1. The molecule has 0 spiro atoms. The van der Waals surface area contributed by atoms with Gasteiger partial charge in [0.1, 0.15) is 0 Å². The van der Waals surface area contributed by atoms with Crippen LogP contribution in [0.3, 0.4) is 0 Å². The summed E-state index contributed by atoms with van der Waals surface area (Å²) in [6, 6.07) is 2.34. The largest absolute Gasteiger partial charge is 0.478 e. The molecular formula is C11H16N2O5S. The van der Waals surface area contributed by atoms with Gasteiger partial charge in [-0.1, -0.05) is 6.92 Å². The third-order valence-electron chi connectivity index (χ3n) is 2.41. The van der Waals surface area contributed by atoms with E-state index in [2.05, 4.69) is 4.98 Å².